The van der Waals surface area contributed by atoms with Gasteiger partial charge in [0.05, 0.1) is 0 Å². The van der Waals surface area contributed by atoms with Crippen LogP contribution in [0.3, 0.4) is 0 Å². The first kappa shape index (κ1) is 28.4. The van der Waals surface area contributed by atoms with Crippen LogP contribution in [0.25, 0.3) is 22.8 Å². The van der Waals surface area contributed by atoms with E-state index in [0.717, 1.165) is 61.8 Å². The van der Waals surface area contributed by atoms with Gasteiger partial charge in [0.15, 0.2) is 11.6 Å². The Morgan fingerprint density at radius 1 is 0.692 bits per heavy atom. The zero-order valence-corrected chi connectivity index (χ0v) is 23.0. The summed E-state index contributed by atoms with van der Waals surface area (Å²) < 4.78 is 1.80. The van der Waals surface area contributed by atoms with Crippen molar-refractivity contribution in [2.45, 2.75) is 38.1 Å². The molecule has 9 heteroatoms. The van der Waals surface area contributed by atoms with E-state index in [1.165, 1.54) is 19.3 Å². The van der Waals surface area contributed by atoms with Gasteiger partial charge in [-0.15, -0.1) is 0 Å². The normalized spacial score (nSPS) is 15.9. The summed E-state index contributed by atoms with van der Waals surface area (Å²) in [6.07, 6.45) is 9.34. The van der Waals surface area contributed by atoms with Gasteiger partial charge in [-0.25, -0.2) is 24.4 Å². The van der Waals surface area contributed by atoms with Crippen molar-refractivity contribution < 1.29 is 0 Å². The Kier molecular flexibility index (Phi) is 11.0. The molecule has 39 heavy (non-hydrogen) atoms. The van der Waals surface area contributed by atoms with E-state index in [-0.39, 0.29) is 0 Å². The molecule has 8 nitrogen and oxygen atoms in total. The molecule has 0 aliphatic carbocycles. The van der Waals surface area contributed by atoms with Crippen molar-refractivity contribution in [1.82, 2.24) is 24.4 Å². The molecule has 0 bridgehead atoms. The molecular weight excluding hydrogens is 508 g/mol. The zero-order valence-electron chi connectivity index (χ0n) is 22.2. The van der Waals surface area contributed by atoms with Crippen molar-refractivity contribution in [3.63, 3.8) is 0 Å². The van der Waals surface area contributed by atoms with E-state index < -0.39 is 0 Å². The number of benzene rings is 2. The predicted octanol–water partition coefficient (Wildman–Crippen LogP) is 5.42. The molecule has 2 aliphatic rings. The highest BCUT2D eigenvalue weighted by Gasteiger charge is 2.15. The van der Waals surface area contributed by atoms with Gasteiger partial charge in [-0.3, -0.25) is 0 Å². The molecule has 6 rings (SSSR count). The molecular formula is C30H37ClN8. The fraction of sp³-hybridized carbons (Fsp3) is 0.333. The Morgan fingerprint density at radius 2 is 1.26 bits per heavy atom. The monoisotopic (exact) mass is 544 g/mol. The average Bonchev–Trinajstić information content (AvgIpc) is 3.01. The lowest BCUT2D eigenvalue weighted by molar-refractivity contribution is 0.336. The van der Waals surface area contributed by atoms with Gasteiger partial charge in [0.25, 0.3) is 0 Å². The Labute approximate surface area is 236 Å². The fourth-order valence-electron chi connectivity index (χ4n) is 4.36. The van der Waals surface area contributed by atoms with Gasteiger partial charge in [0.1, 0.15) is 11.6 Å². The zero-order chi connectivity index (χ0) is 27.3. The molecule has 0 amide bonds. The second-order valence-electron chi connectivity index (χ2n) is 9.57. The van der Waals surface area contributed by atoms with E-state index in [9.17, 15) is 0 Å². The lowest BCUT2D eigenvalue weighted by atomic mass is 10.1. The number of nitrogens with zero attached hydrogens (tertiary/aromatic N) is 6. The van der Waals surface area contributed by atoms with Crippen molar-refractivity contribution in [1.29, 1.82) is 0 Å². The maximum absolute atomic E-state index is 5.93. The molecule has 2 fully saturated rings. The van der Waals surface area contributed by atoms with Crippen molar-refractivity contribution in [3.05, 3.63) is 85.2 Å². The number of rotatable bonds is 3. The van der Waals surface area contributed by atoms with Crippen molar-refractivity contribution in [3.8, 4) is 22.8 Å². The summed E-state index contributed by atoms with van der Waals surface area (Å²) in [6, 6.07) is 24.0. The summed E-state index contributed by atoms with van der Waals surface area (Å²) in [6.45, 7) is 4.01. The number of anilines is 2. The molecule has 4 N–H and O–H groups in total. The van der Waals surface area contributed by atoms with E-state index in [4.69, 9.17) is 23.2 Å². The molecule has 4 aromatic rings. The largest absolute Gasteiger partial charge is 0.384 e. The van der Waals surface area contributed by atoms with E-state index in [1.807, 2.05) is 72.8 Å². The Morgan fingerprint density at radius 3 is 1.82 bits per heavy atom. The van der Waals surface area contributed by atoms with E-state index in [0.29, 0.717) is 17.7 Å². The Hall–Kier alpha value is -3.59. The van der Waals surface area contributed by atoms with Gasteiger partial charge in [0, 0.05) is 61.8 Å². The van der Waals surface area contributed by atoms with Gasteiger partial charge in [-0.2, -0.15) is 0 Å². The van der Waals surface area contributed by atoms with Crippen LogP contribution >= 0.6 is 11.8 Å². The molecule has 0 atom stereocenters. The molecule has 2 aromatic heterocycles. The summed E-state index contributed by atoms with van der Waals surface area (Å²) in [5.74, 6) is 2.97. The molecule has 0 unspecified atom stereocenters. The second kappa shape index (κ2) is 15.1. The molecule has 0 saturated carbocycles. The third-order valence-electron chi connectivity index (χ3n) is 6.53. The summed E-state index contributed by atoms with van der Waals surface area (Å²) in [5.41, 5.74) is 13.6. The van der Waals surface area contributed by atoms with Crippen LogP contribution in [0.4, 0.5) is 11.6 Å². The number of halogens is 1. The molecule has 204 valence electrons. The number of nitrogens with two attached hydrogens (primary N) is 2. The van der Waals surface area contributed by atoms with Gasteiger partial charge < -0.3 is 16.4 Å². The molecule has 4 heterocycles. The summed E-state index contributed by atoms with van der Waals surface area (Å²) in [4.78, 5) is 19.6. The first-order chi connectivity index (χ1) is 19.1. The highest BCUT2D eigenvalue weighted by atomic mass is 35.5. The molecule has 0 spiro atoms. The van der Waals surface area contributed by atoms with Crippen LogP contribution in [0.5, 0.6) is 0 Å². The van der Waals surface area contributed by atoms with Gasteiger partial charge in [-0.1, -0.05) is 60.7 Å². The van der Waals surface area contributed by atoms with E-state index in [1.54, 1.807) is 16.8 Å². The summed E-state index contributed by atoms with van der Waals surface area (Å²) in [7, 11) is 0. The van der Waals surface area contributed by atoms with Crippen LogP contribution in [-0.2, 0) is 0 Å². The maximum atomic E-state index is 5.93. The molecule has 2 aromatic carbocycles. The number of aromatic nitrogens is 4. The van der Waals surface area contributed by atoms with Crippen LogP contribution in [0.15, 0.2) is 85.2 Å². The lowest BCUT2D eigenvalue weighted by Crippen LogP contribution is -2.34. The number of hydrogen-bond acceptors (Lipinski definition) is 8. The molecule has 0 radical (unpaired) electrons. The quantitative estimate of drug-likeness (QED) is 0.329. The number of nitrogen functional groups attached to an aromatic ring is 1. The van der Waals surface area contributed by atoms with Crippen LogP contribution in [0.1, 0.15) is 32.1 Å². The van der Waals surface area contributed by atoms with Crippen LogP contribution < -0.4 is 16.4 Å². The van der Waals surface area contributed by atoms with Crippen LogP contribution in [0, 0.1) is 0 Å². The smallest absolute Gasteiger partial charge is 0.163 e. The summed E-state index contributed by atoms with van der Waals surface area (Å²) in [5, 5.41) is 0. The van der Waals surface area contributed by atoms with Crippen LogP contribution in [-0.4, -0.2) is 56.6 Å². The van der Waals surface area contributed by atoms with Crippen LogP contribution in [0.2, 0.25) is 0 Å². The van der Waals surface area contributed by atoms with Gasteiger partial charge in [0.2, 0.25) is 0 Å². The third-order valence-corrected chi connectivity index (χ3v) is 6.87. The topological polar surface area (TPSA) is 110 Å². The highest BCUT2D eigenvalue weighted by Crippen LogP contribution is 2.23. The Balaban J connectivity index is 0.000000150. The standard InChI is InChI=1S/C15H18N4.C10H8N2.C5H11ClN2/c16-13-11-14(19-9-5-2-6-10-19)18-15(17-13)12-7-3-1-4-8-12;1-2-5-9(6-3-1)10-11-7-4-8-12-10;6-8-3-1-5(7)2-4-8/h1,3-4,7-8,11H,2,5-6,9-10H2,(H2,16,17,18);1-8H;5H,1-4,7H2. The van der Waals surface area contributed by atoms with Crippen molar-refractivity contribution >= 4 is 23.4 Å². The molecule has 2 aliphatic heterocycles. The van der Waals surface area contributed by atoms with Gasteiger partial charge in [-0.05, 0) is 49.9 Å². The van der Waals surface area contributed by atoms with E-state index >= 15 is 0 Å². The predicted molar refractivity (Wildman–Crippen MR) is 160 cm³/mol. The first-order valence-electron chi connectivity index (χ1n) is 13.5. The summed E-state index contributed by atoms with van der Waals surface area (Å²) >= 11 is 5.66. The first-order valence-corrected chi connectivity index (χ1v) is 13.9. The van der Waals surface area contributed by atoms with Crippen molar-refractivity contribution in [2.75, 3.05) is 36.8 Å². The minimum Gasteiger partial charge on any atom is -0.384 e. The van der Waals surface area contributed by atoms with E-state index in [2.05, 4.69) is 24.8 Å². The lowest BCUT2D eigenvalue weighted by Gasteiger charge is -2.28. The fourth-order valence-corrected chi connectivity index (χ4v) is 4.55. The highest BCUT2D eigenvalue weighted by molar-refractivity contribution is 6.13. The minimum atomic E-state index is 0.394. The molecule has 2 saturated heterocycles. The SMILES string of the molecule is NC1CCN(Cl)CC1.Nc1cc(N2CCCCC2)nc(-c2ccccc2)n1.c1ccc(-c2ncccn2)cc1. The second-order valence-corrected chi connectivity index (χ2v) is 10.1. The minimum absolute atomic E-state index is 0.394. The maximum Gasteiger partial charge on any atom is 0.163 e. The average molecular weight is 545 g/mol. The van der Waals surface area contributed by atoms with Gasteiger partial charge >= 0.3 is 0 Å². The number of hydrogen-bond donors (Lipinski definition) is 2. The Bertz CT molecular complexity index is 1180. The number of piperidine rings is 2. The van der Waals surface area contributed by atoms with Crippen molar-refractivity contribution in [2.24, 2.45) is 5.73 Å². The third kappa shape index (κ3) is 9.28.